The first kappa shape index (κ1) is 15.9. The van der Waals surface area contributed by atoms with Crippen LogP contribution in [-0.2, 0) is 10.2 Å². The predicted octanol–water partition coefficient (Wildman–Crippen LogP) is 4.17. The number of hydrogen-bond acceptors (Lipinski definition) is 2. The van der Waals surface area contributed by atoms with Gasteiger partial charge in [0, 0.05) is 5.69 Å². The van der Waals surface area contributed by atoms with Crippen LogP contribution in [0.4, 0.5) is 5.69 Å². The third kappa shape index (κ3) is 3.22. The van der Waals surface area contributed by atoms with Gasteiger partial charge in [0.2, 0.25) is 0 Å². The summed E-state index contributed by atoms with van der Waals surface area (Å²) in [6, 6.07) is 5.89. The van der Waals surface area contributed by atoms with Crippen LogP contribution in [0.3, 0.4) is 0 Å². The fraction of sp³-hybridized carbons (Fsp3) is 0.611. The van der Waals surface area contributed by atoms with Crippen LogP contribution in [0.25, 0.3) is 0 Å². The van der Waals surface area contributed by atoms with Crippen molar-refractivity contribution in [3.05, 3.63) is 29.3 Å². The van der Waals surface area contributed by atoms with E-state index in [9.17, 15) is 9.90 Å². The number of benzene rings is 1. The molecule has 1 fully saturated rings. The first-order valence-electron chi connectivity index (χ1n) is 7.84. The molecule has 0 bridgehead atoms. The Labute approximate surface area is 127 Å². The van der Waals surface area contributed by atoms with Crippen molar-refractivity contribution in [2.75, 3.05) is 5.73 Å². The molecule has 1 aliphatic carbocycles. The number of aliphatic carboxylic acids is 1. The Morgan fingerprint density at radius 1 is 1.33 bits per heavy atom. The van der Waals surface area contributed by atoms with Crippen LogP contribution in [0.2, 0.25) is 0 Å². The van der Waals surface area contributed by atoms with Crippen LogP contribution in [0, 0.1) is 11.8 Å². The number of anilines is 1. The van der Waals surface area contributed by atoms with Gasteiger partial charge >= 0.3 is 5.97 Å². The van der Waals surface area contributed by atoms with E-state index in [0.29, 0.717) is 11.6 Å². The van der Waals surface area contributed by atoms with E-state index in [-0.39, 0.29) is 11.3 Å². The molecule has 1 saturated carbocycles. The smallest absolute Gasteiger partial charge is 0.311 e. The zero-order valence-electron chi connectivity index (χ0n) is 13.5. The summed E-state index contributed by atoms with van der Waals surface area (Å²) in [6.45, 7) is 8.57. The molecule has 21 heavy (non-hydrogen) atoms. The minimum absolute atomic E-state index is 0.00715. The first-order chi connectivity index (χ1) is 9.71. The van der Waals surface area contributed by atoms with E-state index in [0.717, 1.165) is 30.4 Å². The summed E-state index contributed by atoms with van der Waals surface area (Å²) in [4.78, 5) is 11.9. The van der Waals surface area contributed by atoms with Crippen molar-refractivity contribution in [2.24, 2.45) is 11.8 Å². The van der Waals surface area contributed by atoms with Crippen molar-refractivity contribution in [2.45, 2.75) is 58.3 Å². The van der Waals surface area contributed by atoms with E-state index in [2.05, 4.69) is 27.7 Å². The molecule has 3 atom stereocenters. The number of carbonyl (C=O) groups is 1. The molecular weight excluding hydrogens is 262 g/mol. The van der Waals surface area contributed by atoms with Gasteiger partial charge in [-0.15, -0.1) is 0 Å². The zero-order chi connectivity index (χ0) is 15.8. The molecule has 1 aromatic rings. The summed E-state index contributed by atoms with van der Waals surface area (Å²) in [7, 11) is 0. The van der Waals surface area contributed by atoms with Crippen LogP contribution < -0.4 is 5.73 Å². The van der Waals surface area contributed by atoms with Gasteiger partial charge in [-0.05, 0) is 40.9 Å². The van der Waals surface area contributed by atoms with Crippen LogP contribution in [-0.4, -0.2) is 11.1 Å². The fourth-order valence-corrected chi connectivity index (χ4v) is 3.53. The standard InChI is InChI=1S/C18H27NO2/c1-11-6-5-7-13(11)16(17(20)21)14-10-12(18(2,3)4)8-9-15(14)19/h8-11,13,16H,5-7,19H2,1-4H3,(H,20,21). The summed E-state index contributed by atoms with van der Waals surface area (Å²) in [5.74, 6) is -0.583. The minimum atomic E-state index is -0.744. The Kier molecular flexibility index (Phi) is 4.31. The maximum Gasteiger partial charge on any atom is 0.311 e. The fourth-order valence-electron chi connectivity index (χ4n) is 3.53. The molecule has 3 N–H and O–H groups in total. The van der Waals surface area contributed by atoms with Gasteiger partial charge in [0.1, 0.15) is 0 Å². The van der Waals surface area contributed by atoms with Crippen LogP contribution >= 0.6 is 0 Å². The zero-order valence-corrected chi connectivity index (χ0v) is 13.5. The maximum atomic E-state index is 11.9. The van der Waals surface area contributed by atoms with Crippen LogP contribution in [0.15, 0.2) is 18.2 Å². The number of nitrogen functional groups attached to an aromatic ring is 1. The molecule has 1 aromatic carbocycles. The Hall–Kier alpha value is -1.51. The molecule has 116 valence electrons. The van der Waals surface area contributed by atoms with Gasteiger partial charge in [-0.1, -0.05) is 52.7 Å². The Bertz CT molecular complexity index is 531. The molecular formula is C18H27NO2. The van der Waals surface area contributed by atoms with Gasteiger partial charge in [0.15, 0.2) is 0 Å². The summed E-state index contributed by atoms with van der Waals surface area (Å²) in [5.41, 5.74) is 8.66. The molecule has 0 saturated heterocycles. The second-order valence-corrected chi connectivity index (χ2v) is 7.48. The quantitative estimate of drug-likeness (QED) is 0.821. The molecule has 0 aromatic heterocycles. The van der Waals surface area contributed by atoms with E-state index >= 15 is 0 Å². The number of carboxylic acid groups (broad SMARTS) is 1. The van der Waals surface area contributed by atoms with Crippen molar-refractivity contribution >= 4 is 11.7 Å². The van der Waals surface area contributed by atoms with E-state index in [1.807, 2.05) is 18.2 Å². The highest BCUT2D eigenvalue weighted by atomic mass is 16.4. The van der Waals surface area contributed by atoms with Crippen LogP contribution in [0.5, 0.6) is 0 Å². The summed E-state index contributed by atoms with van der Waals surface area (Å²) in [5, 5.41) is 9.77. The summed E-state index contributed by atoms with van der Waals surface area (Å²) < 4.78 is 0. The SMILES string of the molecule is CC1CCCC1C(C(=O)O)c1cc(C(C)(C)C)ccc1N. The van der Waals surface area contributed by atoms with Gasteiger partial charge in [0.25, 0.3) is 0 Å². The molecule has 3 unspecified atom stereocenters. The normalized spacial score (nSPS) is 24.0. The molecule has 3 nitrogen and oxygen atoms in total. The monoisotopic (exact) mass is 289 g/mol. The van der Waals surface area contributed by atoms with Crippen molar-refractivity contribution in [3.8, 4) is 0 Å². The summed E-state index contributed by atoms with van der Waals surface area (Å²) >= 11 is 0. The largest absolute Gasteiger partial charge is 0.481 e. The van der Waals surface area contributed by atoms with Crippen molar-refractivity contribution in [1.29, 1.82) is 0 Å². The highest BCUT2D eigenvalue weighted by Gasteiger charge is 2.37. The van der Waals surface area contributed by atoms with Gasteiger partial charge in [-0.25, -0.2) is 0 Å². The molecule has 0 heterocycles. The lowest BCUT2D eigenvalue weighted by atomic mass is 9.77. The lowest BCUT2D eigenvalue weighted by molar-refractivity contribution is -0.140. The molecule has 2 rings (SSSR count). The third-order valence-electron chi connectivity index (χ3n) is 4.91. The average molecular weight is 289 g/mol. The van der Waals surface area contributed by atoms with Crippen molar-refractivity contribution in [1.82, 2.24) is 0 Å². The molecule has 1 aliphatic rings. The first-order valence-corrected chi connectivity index (χ1v) is 7.84. The lowest BCUT2D eigenvalue weighted by Gasteiger charge is -2.27. The Morgan fingerprint density at radius 3 is 2.48 bits per heavy atom. The highest BCUT2D eigenvalue weighted by Crippen LogP contribution is 2.43. The summed E-state index contributed by atoms with van der Waals surface area (Å²) in [6.07, 6.45) is 3.22. The van der Waals surface area contributed by atoms with E-state index in [1.165, 1.54) is 0 Å². The van der Waals surface area contributed by atoms with Gasteiger partial charge in [-0.3, -0.25) is 4.79 Å². The van der Waals surface area contributed by atoms with Gasteiger partial charge < -0.3 is 10.8 Å². The predicted molar refractivity (Wildman–Crippen MR) is 86.4 cm³/mol. The number of carboxylic acids is 1. The molecule has 0 spiro atoms. The van der Waals surface area contributed by atoms with Gasteiger partial charge in [-0.2, -0.15) is 0 Å². The molecule has 0 radical (unpaired) electrons. The average Bonchev–Trinajstić information content (AvgIpc) is 2.76. The molecule has 0 aliphatic heterocycles. The van der Waals surface area contributed by atoms with E-state index in [4.69, 9.17) is 5.73 Å². The maximum absolute atomic E-state index is 11.9. The highest BCUT2D eigenvalue weighted by molar-refractivity contribution is 5.79. The number of rotatable bonds is 3. The second-order valence-electron chi connectivity index (χ2n) is 7.48. The van der Waals surface area contributed by atoms with Crippen LogP contribution in [0.1, 0.15) is 64.0 Å². The van der Waals surface area contributed by atoms with Crippen molar-refractivity contribution in [3.63, 3.8) is 0 Å². The van der Waals surface area contributed by atoms with Crippen molar-refractivity contribution < 1.29 is 9.90 Å². The topological polar surface area (TPSA) is 63.3 Å². The Balaban J connectivity index is 2.47. The second kappa shape index (κ2) is 5.70. The minimum Gasteiger partial charge on any atom is -0.481 e. The molecule has 3 heteroatoms. The number of nitrogens with two attached hydrogens (primary N) is 1. The van der Waals surface area contributed by atoms with E-state index < -0.39 is 11.9 Å². The lowest BCUT2D eigenvalue weighted by Crippen LogP contribution is -2.25. The number of hydrogen-bond donors (Lipinski definition) is 2. The van der Waals surface area contributed by atoms with E-state index in [1.54, 1.807) is 0 Å². The van der Waals surface area contributed by atoms with Gasteiger partial charge in [0.05, 0.1) is 5.92 Å². The Morgan fingerprint density at radius 2 is 2.00 bits per heavy atom. The third-order valence-corrected chi connectivity index (χ3v) is 4.91. The molecule has 0 amide bonds.